The van der Waals surface area contributed by atoms with Gasteiger partial charge in [0.15, 0.2) is 5.78 Å². The summed E-state index contributed by atoms with van der Waals surface area (Å²) >= 11 is 7.56. The van der Waals surface area contributed by atoms with E-state index in [9.17, 15) is 22.4 Å². The van der Waals surface area contributed by atoms with Gasteiger partial charge in [0.2, 0.25) is 0 Å². The van der Waals surface area contributed by atoms with Crippen LogP contribution in [0.1, 0.15) is 21.5 Å². The van der Waals surface area contributed by atoms with Crippen LogP contribution in [0.25, 0.3) is 0 Å². The van der Waals surface area contributed by atoms with E-state index in [1.165, 1.54) is 17.4 Å². The first-order valence-corrected chi connectivity index (χ1v) is 7.46. The smallest absolute Gasteiger partial charge is 0.289 e. The number of carbonyl (C=O) groups is 1. The van der Waals surface area contributed by atoms with Crippen molar-refractivity contribution in [3.05, 3.63) is 54.3 Å². The summed E-state index contributed by atoms with van der Waals surface area (Å²) in [4.78, 5) is 12.1. The molecule has 0 atom stereocenters. The van der Waals surface area contributed by atoms with Crippen LogP contribution in [-0.4, -0.2) is 5.78 Å². The number of hydrogen-bond donors (Lipinski definition) is 0. The average Bonchev–Trinajstić information content (AvgIpc) is 2.66. The maximum absolute atomic E-state index is 13.2. The Morgan fingerprint density at radius 2 is 1.80 bits per heavy atom. The van der Waals surface area contributed by atoms with Gasteiger partial charge in [-0.1, -0.05) is 0 Å². The fourth-order valence-electron chi connectivity index (χ4n) is 1.53. The fraction of sp³-hybridized carbons (Fsp3) is 0.0833. The molecule has 0 aliphatic carbocycles. The van der Waals surface area contributed by atoms with E-state index < -0.39 is 23.3 Å². The summed E-state index contributed by atoms with van der Waals surface area (Å²) in [7, 11) is 0. The van der Waals surface area contributed by atoms with Crippen molar-refractivity contribution in [1.29, 1.82) is 0 Å². The Morgan fingerprint density at radius 1 is 1.15 bits per heavy atom. The molecule has 0 fully saturated rings. The largest absolute Gasteiger partial charge is 0.419 e. The van der Waals surface area contributed by atoms with Crippen LogP contribution in [0.3, 0.4) is 0 Å². The molecule has 20 heavy (non-hydrogen) atoms. The molecule has 0 aliphatic heterocycles. The number of carbonyl (C=O) groups excluding carboxylic acids is 1. The third-order valence-electron chi connectivity index (χ3n) is 2.44. The van der Waals surface area contributed by atoms with Gasteiger partial charge in [0.1, 0.15) is 5.82 Å². The van der Waals surface area contributed by atoms with E-state index in [1.807, 2.05) is 0 Å². The fourth-order valence-corrected chi connectivity index (χ4v) is 4.33. The minimum absolute atomic E-state index is 0.218. The Bertz CT molecular complexity index is 679. The molecule has 0 saturated carbocycles. The van der Waals surface area contributed by atoms with Crippen molar-refractivity contribution < 1.29 is 22.4 Å². The second-order valence-corrected chi connectivity index (χ2v) is 7.51. The van der Waals surface area contributed by atoms with Crippen molar-refractivity contribution in [2.24, 2.45) is 0 Å². The Hall–Kier alpha value is -0.730. The van der Waals surface area contributed by atoms with Crippen LogP contribution in [0, 0.1) is 5.82 Å². The van der Waals surface area contributed by atoms with E-state index in [2.05, 4.69) is 31.9 Å². The van der Waals surface area contributed by atoms with Crippen LogP contribution in [-0.2, 0) is 6.18 Å². The third kappa shape index (κ3) is 3.12. The minimum atomic E-state index is -4.84. The van der Waals surface area contributed by atoms with E-state index in [1.54, 1.807) is 0 Å². The number of thiophene rings is 1. The summed E-state index contributed by atoms with van der Waals surface area (Å²) in [5.74, 6) is -2.01. The summed E-state index contributed by atoms with van der Waals surface area (Å²) < 4.78 is 52.2. The monoisotopic (exact) mass is 430 g/mol. The maximum atomic E-state index is 13.2. The van der Waals surface area contributed by atoms with Crippen LogP contribution < -0.4 is 0 Å². The molecule has 0 aliphatic rings. The average molecular weight is 432 g/mol. The van der Waals surface area contributed by atoms with Crippen molar-refractivity contribution in [2.45, 2.75) is 6.18 Å². The molecule has 0 saturated heterocycles. The molecular weight excluding hydrogens is 428 g/mol. The Morgan fingerprint density at radius 3 is 2.30 bits per heavy atom. The predicted molar refractivity (Wildman–Crippen MR) is 74.6 cm³/mol. The van der Waals surface area contributed by atoms with Crippen molar-refractivity contribution in [3.8, 4) is 0 Å². The van der Waals surface area contributed by atoms with Gasteiger partial charge in [0.05, 0.1) is 13.1 Å². The molecule has 106 valence electrons. The molecule has 0 unspecified atom stereocenters. The summed E-state index contributed by atoms with van der Waals surface area (Å²) in [5.41, 5.74) is -1.44. The highest BCUT2D eigenvalue weighted by Crippen LogP contribution is 2.35. The molecule has 2 aromatic rings. The molecule has 1 aromatic carbocycles. The highest BCUT2D eigenvalue weighted by molar-refractivity contribution is 9.12. The lowest BCUT2D eigenvalue weighted by Crippen LogP contribution is -2.10. The Kier molecular flexibility index (Phi) is 4.36. The SMILES string of the molecule is O=C(c1ccc(F)c(C(F)(F)F)c1)c1cc(Br)sc1Br. The van der Waals surface area contributed by atoms with Crippen LogP contribution in [0.4, 0.5) is 17.6 Å². The van der Waals surface area contributed by atoms with Crippen LogP contribution in [0.15, 0.2) is 31.8 Å². The van der Waals surface area contributed by atoms with Gasteiger partial charge in [0.25, 0.3) is 0 Å². The highest BCUT2D eigenvalue weighted by atomic mass is 79.9. The number of hydrogen-bond acceptors (Lipinski definition) is 2. The second-order valence-electron chi connectivity index (χ2n) is 3.76. The number of benzene rings is 1. The summed E-state index contributed by atoms with van der Waals surface area (Å²) in [6, 6.07) is 3.69. The second kappa shape index (κ2) is 5.57. The lowest BCUT2D eigenvalue weighted by Gasteiger charge is -2.09. The number of rotatable bonds is 2. The Balaban J connectivity index is 2.49. The maximum Gasteiger partial charge on any atom is 0.419 e. The van der Waals surface area contributed by atoms with Gasteiger partial charge in [-0.2, -0.15) is 13.2 Å². The first-order chi connectivity index (χ1) is 9.20. The van der Waals surface area contributed by atoms with E-state index >= 15 is 0 Å². The van der Waals surface area contributed by atoms with Gasteiger partial charge < -0.3 is 0 Å². The molecule has 0 spiro atoms. The zero-order chi connectivity index (χ0) is 15.1. The zero-order valence-electron chi connectivity index (χ0n) is 9.39. The summed E-state index contributed by atoms with van der Waals surface area (Å²) in [5, 5.41) is 0. The summed E-state index contributed by atoms with van der Waals surface area (Å²) in [6.07, 6.45) is -4.84. The summed E-state index contributed by atoms with van der Waals surface area (Å²) in [6.45, 7) is 0. The molecule has 0 amide bonds. The molecule has 2 rings (SSSR count). The van der Waals surface area contributed by atoms with Crippen molar-refractivity contribution in [2.75, 3.05) is 0 Å². The van der Waals surface area contributed by atoms with Gasteiger partial charge in [-0.15, -0.1) is 11.3 Å². The highest BCUT2D eigenvalue weighted by Gasteiger charge is 2.34. The standard InChI is InChI=1S/C12H4Br2F4OS/c13-9-4-6(11(14)20-9)10(19)5-1-2-8(15)7(3-5)12(16,17)18/h1-4H. The van der Waals surface area contributed by atoms with Gasteiger partial charge in [-0.05, 0) is 56.1 Å². The van der Waals surface area contributed by atoms with Crippen molar-refractivity contribution in [3.63, 3.8) is 0 Å². The van der Waals surface area contributed by atoms with Gasteiger partial charge in [0, 0.05) is 11.1 Å². The zero-order valence-corrected chi connectivity index (χ0v) is 13.4. The van der Waals surface area contributed by atoms with Crippen LogP contribution in [0.2, 0.25) is 0 Å². The number of alkyl halides is 3. The third-order valence-corrected chi connectivity index (χ3v) is 4.77. The lowest BCUT2D eigenvalue weighted by atomic mass is 10.0. The minimum Gasteiger partial charge on any atom is -0.289 e. The molecule has 1 aromatic heterocycles. The van der Waals surface area contributed by atoms with Crippen molar-refractivity contribution >= 4 is 49.0 Å². The molecule has 0 radical (unpaired) electrons. The van der Waals surface area contributed by atoms with Gasteiger partial charge in [-0.3, -0.25) is 4.79 Å². The predicted octanol–water partition coefficient (Wildman–Crippen LogP) is 5.66. The van der Waals surface area contributed by atoms with Gasteiger partial charge >= 0.3 is 6.18 Å². The van der Waals surface area contributed by atoms with Crippen LogP contribution in [0.5, 0.6) is 0 Å². The van der Waals surface area contributed by atoms with Crippen LogP contribution >= 0.6 is 43.2 Å². The van der Waals surface area contributed by atoms with E-state index in [-0.39, 0.29) is 11.1 Å². The molecule has 0 N–H and O–H groups in total. The molecular formula is C12H4Br2F4OS. The number of ketones is 1. The normalized spacial score (nSPS) is 11.7. The van der Waals surface area contributed by atoms with Crippen molar-refractivity contribution in [1.82, 2.24) is 0 Å². The topological polar surface area (TPSA) is 17.1 Å². The molecule has 8 heteroatoms. The van der Waals surface area contributed by atoms with E-state index in [0.29, 0.717) is 19.7 Å². The van der Waals surface area contributed by atoms with Gasteiger partial charge in [-0.25, -0.2) is 4.39 Å². The number of halogens is 6. The lowest BCUT2D eigenvalue weighted by molar-refractivity contribution is -0.140. The molecule has 0 bridgehead atoms. The first-order valence-electron chi connectivity index (χ1n) is 5.06. The van der Waals surface area contributed by atoms with E-state index in [0.717, 1.165) is 6.07 Å². The van der Waals surface area contributed by atoms with E-state index in [4.69, 9.17) is 0 Å². The quantitative estimate of drug-likeness (QED) is 0.442. The molecule has 1 nitrogen and oxygen atoms in total. The first kappa shape index (κ1) is 15.7. The Labute approximate surface area is 131 Å². The molecule has 1 heterocycles.